The van der Waals surface area contributed by atoms with Crippen LogP contribution in [0.25, 0.3) is 0 Å². The van der Waals surface area contributed by atoms with Crippen molar-refractivity contribution in [1.82, 2.24) is 4.90 Å². The van der Waals surface area contributed by atoms with E-state index in [4.69, 9.17) is 5.73 Å². The molecule has 0 aromatic carbocycles. The summed E-state index contributed by atoms with van der Waals surface area (Å²) in [5.74, 6) is 0.0920. The summed E-state index contributed by atoms with van der Waals surface area (Å²) in [6.45, 7) is 3.51. The van der Waals surface area contributed by atoms with Crippen molar-refractivity contribution in [2.24, 2.45) is 5.73 Å². The fourth-order valence-corrected chi connectivity index (χ4v) is 2.74. The Hall–Kier alpha value is -0.580. The fraction of sp³-hybridized carbons (Fsp3) is 0.545. The first-order chi connectivity index (χ1) is 7.22. The molecular weight excluding hydrogens is 244 g/mol. The average molecular weight is 261 g/mol. The smallest absolute Gasteiger partial charge is 0.239 e. The summed E-state index contributed by atoms with van der Waals surface area (Å²) in [6, 6.07) is 1.78. The zero-order valence-electron chi connectivity index (χ0n) is 9.31. The van der Waals surface area contributed by atoms with E-state index in [0.29, 0.717) is 6.42 Å². The first kappa shape index (κ1) is 13.5. The third-order valence-corrected chi connectivity index (χ3v) is 3.90. The number of carbonyl (C=O) groups is 1. The van der Waals surface area contributed by atoms with Gasteiger partial charge in [-0.25, -0.2) is 0 Å². The van der Waals surface area contributed by atoms with Gasteiger partial charge in [-0.3, -0.25) is 4.79 Å². The highest BCUT2D eigenvalue weighted by atomic mass is 35.5. The Labute approximate surface area is 106 Å². The van der Waals surface area contributed by atoms with Crippen molar-refractivity contribution in [3.8, 4) is 0 Å². The zero-order chi connectivity index (χ0) is 10.8. The van der Waals surface area contributed by atoms with Crippen molar-refractivity contribution in [3.63, 3.8) is 0 Å². The average Bonchev–Trinajstić information content (AvgIpc) is 2.73. The number of carbonyl (C=O) groups excluding carboxylic acids is 1. The standard InChI is InChI=1S/C11H16N2OS.ClH/c1-2-9(12)11(14)13-5-3-10-8(7-13)4-6-15-10;/h4,6,9H,2-3,5,7,12H2,1H3;1H/t9-;/m0./s1. The Morgan fingerprint density at radius 2 is 2.44 bits per heavy atom. The Morgan fingerprint density at radius 1 is 1.69 bits per heavy atom. The van der Waals surface area contributed by atoms with Crippen molar-refractivity contribution in [1.29, 1.82) is 0 Å². The molecule has 16 heavy (non-hydrogen) atoms. The fourth-order valence-electron chi connectivity index (χ4n) is 1.85. The maximum absolute atomic E-state index is 11.9. The van der Waals surface area contributed by atoms with E-state index in [9.17, 15) is 4.79 Å². The second kappa shape index (κ2) is 5.66. The molecule has 5 heteroatoms. The van der Waals surface area contributed by atoms with Crippen LogP contribution in [0, 0.1) is 0 Å². The van der Waals surface area contributed by atoms with E-state index in [0.717, 1.165) is 19.5 Å². The van der Waals surface area contributed by atoms with Gasteiger partial charge in [0.2, 0.25) is 5.91 Å². The number of halogens is 1. The Bertz CT molecular complexity index is 367. The third kappa shape index (κ3) is 2.56. The van der Waals surface area contributed by atoms with Crippen molar-refractivity contribution in [2.75, 3.05) is 6.54 Å². The van der Waals surface area contributed by atoms with E-state index in [1.54, 1.807) is 11.3 Å². The zero-order valence-corrected chi connectivity index (χ0v) is 10.9. The molecule has 1 aromatic rings. The van der Waals surface area contributed by atoms with Crippen LogP contribution in [0.1, 0.15) is 23.8 Å². The largest absolute Gasteiger partial charge is 0.337 e. The Morgan fingerprint density at radius 3 is 3.12 bits per heavy atom. The summed E-state index contributed by atoms with van der Waals surface area (Å²) >= 11 is 1.78. The minimum Gasteiger partial charge on any atom is -0.337 e. The normalized spacial score (nSPS) is 16.2. The maximum Gasteiger partial charge on any atom is 0.239 e. The summed E-state index contributed by atoms with van der Waals surface area (Å²) in [5, 5.41) is 2.10. The molecule has 3 nitrogen and oxygen atoms in total. The molecule has 1 aliphatic heterocycles. The number of hydrogen-bond donors (Lipinski definition) is 1. The minimum atomic E-state index is -0.329. The summed E-state index contributed by atoms with van der Waals surface area (Å²) in [4.78, 5) is 15.2. The second-order valence-corrected chi connectivity index (χ2v) is 4.89. The van der Waals surface area contributed by atoms with E-state index in [1.807, 2.05) is 11.8 Å². The van der Waals surface area contributed by atoms with Crippen LogP contribution >= 0.6 is 23.7 Å². The van der Waals surface area contributed by atoms with Crippen molar-refractivity contribution in [2.45, 2.75) is 32.4 Å². The number of amides is 1. The van der Waals surface area contributed by atoms with E-state index < -0.39 is 0 Å². The van der Waals surface area contributed by atoms with Gasteiger partial charge in [-0.15, -0.1) is 23.7 Å². The molecule has 0 saturated carbocycles. The number of nitrogens with zero attached hydrogens (tertiary/aromatic N) is 1. The molecule has 0 radical (unpaired) electrons. The van der Waals surface area contributed by atoms with Gasteiger partial charge in [0.15, 0.2) is 0 Å². The molecule has 90 valence electrons. The molecule has 1 aromatic heterocycles. The molecule has 0 bridgehead atoms. The van der Waals surface area contributed by atoms with E-state index >= 15 is 0 Å². The minimum absolute atomic E-state index is 0. The number of rotatable bonds is 2. The monoisotopic (exact) mass is 260 g/mol. The molecular formula is C11H17ClN2OS. The lowest BCUT2D eigenvalue weighted by atomic mass is 10.1. The molecule has 0 spiro atoms. The van der Waals surface area contributed by atoms with Crippen LogP contribution in [-0.2, 0) is 17.8 Å². The van der Waals surface area contributed by atoms with Gasteiger partial charge < -0.3 is 10.6 Å². The highest BCUT2D eigenvalue weighted by Gasteiger charge is 2.24. The van der Waals surface area contributed by atoms with Crippen LogP contribution in [-0.4, -0.2) is 23.4 Å². The predicted octanol–water partition coefficient (Wildman–Crippen LogP) is 1.79. The van der Waals surface area contributed by atoms with Crippen molar-refractivity contribution >= 4 is 29.7 Å². The number of fused-ring (bicyclic) bond motifs is 1. The van der Waals surface area contributed by atoms with E-state index in [1.165, 1.54) is 10.4 Å². The lowest BCUT2D eigenvalue weighted by molar-refractivity contribution is -0.133. The molecule has 0 fully saturated rings. The quantitative estimate of drug-likeness (QED) is 0.881. The van der Waals surface area contributed by atoms with Gasteiger partial charge in [0.25, 0.3) is 0 Å². The number of hydrogen-bond acceptors (Lipinski definition) is 3. The van der Waals surface area contributed by atoms with E-state index in [-0.39, 0.29) is 24.4 Å². The molecule has 1 amide bonds. The van der Waals surface area contributed by atoms with Gasteiger partial charge >= 0.3 is 0 Å². The molecule has 0 aliphatic carbocycles. The van der Waals surface area contributed by atoms with Gasteiger partial charge in [0, 0.05) is 18.0 Å². The summed E-state index contributed by atoms with van der Waals surface area (Å²) in [7, 11) is 0. The van der Waals surface area contributed by atoms with Crippen LogP contribution < -0.4 is 5.73 Å². The maximum atomic E-state index is 11.9. The van der Waals surface area contributed by atoms with Crippen LogP contribution in [0.4, 0.5) is 0 Å². The third-order valence-electron chi connectivity index (χ3n) is 2.88. The molecule has 2 rings (SSSR count). The number of nitrogens with two attached hydrogens (primary N) is 1. The molecule has 1 atom stereocenters. The van der Waals surface area contributed by atoms with Crippen molar-refractivity contribution in [3.05, 3.63) is 21.9 Å². The van der Waals surface area contributed by atoms with Gasteiger partial charge in [-0.2, -0.15) is 0 Å². The van der Waals surface area contributed by atoms with Crippen LogP contribution in [0.15, 0.2) is 11.4 Å². The molecule has 0 saturated heterocycles. The lowest BCUT2D eigenvalue weighted by Crippen LogP contribution is -2.45. The molecule has 1 aliphatic rings. The van der Waals surface area contributed by atoms with Gasteiger partial charge in [0.1, 0.15) is 0 Å². The summed E-state index contributed by atoms with van der Waals surface area (Å²) < 4.78 is 0. The first-order valence-electron chi connectivity index (χ1n) is 5.32. The van der Waals surface area contributed by atoms with Crippen LogP contribution in [0.3, 0.4) is 0 Å². The molecule has 2 heterocycles. The van der Waals surface area contributed by atoms with Crippen molar-refractivity contribution < 1.29 is 4.79 Å². The van der Waals surface area contributed by atoms with Gasteiger partial charge in [0.05, 0.1) is 6.04 Å². The van der Waals surface area contributed by atoms with E-state index in [2.05, 4.69) is 11.4 Å². The second-order valence-electron chi connectivity index (χ2n) is 3.89. The van der Waals surface area contributed by atoms with Crippen LogP contribution in [0.5, 0.6) is 0 Å². The SMILES string of the molecule is CC[C@H](N)C(=O)N1CCc2sccc2C1.Cl. The Kier molecular flexibility index (Phi) is 4.77. The lowest BCUT2D eigenvalue weighted by Gasteiger charge is -2.29. The van der Waals surface area contributed by atoms with Gasteiger partial charge in [-0.05, 0) is 29.9 Å². The van der Waals surface area contributed by atoms with Gasteiger partial charge in [-0.1, -0.05) is 6.92 Å². The highest BCUT2D eigenvalue weighted by Crippen LogP contribution is 2.24. The molecule has 0 unspecified atom stereocenters. The van der Waals surface area contributed by atoms with Crippen LogP contribution in [0.2, 0.25) is 0 Å². The summed E-state index contributed by atoms with van der Waals surface area (Å²) in [5.41, 5.74) is 7.05. The molecule has 2 N–H and O–H groups in total. The predicted molar refractivity (Wildman–Crippen MR) is 69.0 cm³/mol. The Balaban J connectivity index is 0.00000128. The summed E-state index contributed by atoms with van der Waals surface area (Å²) in [6.07, 6.45) is 1.70. The highest BCUT2D eigenvalue weighted by molar-refractivity contribution is 7.10. The topological polar surface area (TPSA) is 46.3 Å². The number of thiophene rings is 1. The first-order valence-corrected chi connectivity index (χ1v) is 6.20.